The molecule has 0 fully saturated rings. The maximum Gasteiger partial charge on any atom is 0.231 e. The molecule has 2 aliphatic rings. The van der Waals surface area contributed by atoms with E-state index in [2.05, 4.69) is 10.2 Å². The second-order valence-corrected chi connectivity index (χ2v) is 6.62. The van der Waals surface area contributed by atoms with Crippen molar-refractivity contribution in [2.24, 2.45) is 10.2 Å². The Hall–Kier alpha value is -3.48. The number of hydrogen-bond acceptors (Lipinski definition) is 7. The molecule has 0 radical (unpaired) electrons. The highest BCUT2D eigenvalue weighted by atomic mass is 16.7. The van der Waals surface area contributed by atoms with E-state index in [1.165, 1.54) is 0 Å². The minimum Gasteiger partial charge on any atom is -0.493 e. The monoisotopic (exact) mass is 394 g/mol. The molecule has 2 aromatic rings. The zero-order valence-electron chi connectivity index (χ0n) is 16.8. The summed E-state index contributed by atoms with van der Waals surface area (Å²) in [5.41, 5.74) is 4.51. The lowest BCUT2D eigenvalue weighted by Gasteiger charge is -2.13. The van der Waals surface area contributed by atoms with Crippen molar-refractivity contribution in [3.05, 3.63) is 47.0 Å². The zero-order valence-corrected chi connectivity index (χ0v) is 16.8. The fourth-order valence-electron chi connectivity index (χ4n) is 3.41. The summed E-state index contributed by atoms with van der Waals surface area (Å²) in [6, 6.07) is 7.69. The molecule has 4 rings (SSSR count). The van der Waals surface area contributed by atoms with Crippen molar-refractivity contribution in [3.63, 3.8) is 0 Å². The molecule has 2 heterocycles. The molecule has 0 amide bonds. The minimum atomic E-state index is 0.189. The first kappa shape index (κ1) is 18.9. The van der Waals surface area contributed by atoms with Gasteiger partial charge in [-0.05, 0) is 48.9 Å². The van der Waals surface area contributed by atoms with Crippen LogP contribution in [-0.4, -0.2) is 39.5 Å². The summed E-state index contributed by atoms with van der Waals surface area (Å²) in [7, 11) is 4.85. The van der Waals surface area contributed by atoms with Crippen LogP contribution in [0.25, 0.3) is 6.08 Å². The van der Waals surface area contributed by atoms with Crippen LogP contribution in [-0.2, 0) is 6.42 Å². The van der Waals surface area contributed by atoms with Gasteiger partial charge >= 0.3 is 0 Å². The van der Waals surface area contributed by atoms with Gasteiger partial charge in [0.2, 0.25) is 12.5 Å². The molecule has 0 unspecified atom stereocenters. The van der Waals surface area contributed by atoms with Crippen LogP contribution in [0.1, 0.15) is 23.6 Å². The number of hydrogen-bond donors (Lipinski definition) is 0. The summed E-state index contributed by atoms with van der Waals surface area (Å²) in [4.78, 5) is 0. The summed E-state index contributed by atoms with van der Waals surface area (Å²) in [6.07, 6.45) is 4.52. The lowest BCUT2D eigenvalue weighted by atomic mass is 9.97. The van der Waals surface area contributed by atoms with Crippen molar-refractivity contribution < 1.29 is 23.7 Å². The van der Waals surface area contributed by atoms with E-state index in [1.807, 2.05) is 43.3 Å². The predicted molar refractivity (Wildman–Crippen MR) is 111 cm³/mol. The van der Waals surface area contributed by atoms with Gasteiger partial charge in [-0.2, -0.15) is 10.2 Å². The minimum absolute atomic E-state index is 0.189. The fourth-order valence-corrected chi connectivity index (χ4v) is 3.41. The Morgan fingerprint density at radius 1 is 0.931 bits per heavy atom. The van der Waals surface area contributed by atoms with Crippen molar-refractivity contribution in [3.8, 4) is 28.7 Å². The maximum absolute atomic E-state index is 5.55. The topological polar surface area (TPSA) is 70.9 Å². The largest absolute Gasteiger partial charge is 0.493 e. The van der Waals surface area contributed by atoms with Gasteiger partial charge in [0, 0.05) is 23.3 Å². The number of allylic oxidation sites excluding steroid dienone is 1. The van der Waals surface area contributed by atoms with Gasteiger partial charge in [0.1, 0.15) is 0 Å². The molecule has 0 saturated carbocycles. The van der Waals surface area contributed by atoms with Crippen LogP contribution in [0, 0.1) is 0 Å². The lowest BCUT2D eigenvalue weighted by Crippen LogP contribution is -2.05. The molecule has 150 valence electrons. The van der Waals surface area contributed by atoms with Gasteiger partial charge in [-0.15, -0.1) is 0 Å². The summed E-state index contributed by atoms with van der Waals surface area (Å²) < 4.78 is 27.4. The zero-order chi connectivity index (χ0) is 20.4. The first-order valence-corrected chi connectivity index (χ1v) is 9.15. The van der Waals surface area contributed by atoms with E-state index in [0.717, 1.165) is 28.1 Å². The van der Waals surface area contributed by atoms with Crippen molar-refractivity contribution in [2.75, 3.05) is 28.1 Å². The Balaban J connectivity index is 1.77. The Morgan fingerprint density at radius 2 is 1.72 bits per heavy atom. The highest BCUT2D eigenvalue weighted by Gasteiger charge is 2.21. The molecule has 7 heteroatoms. The van der Waals surface area contributed by atoms with Gasteiger partial charge in [-0.25, -0.2) is 0 Å². The average Bonchev–Trinajstić information content (AvgIpc) is 3.16. The van der Waals surface area contributed by atoms with Crippen LogP contribution in [0.5, 0.6) is 28.7 Å². The molecule has 2 aliphatic heterocycles. The molecule has 2 aromatic carbocycles. The van der Waals surface area contributed by atoms with Gasteiger partial charge in [0.25, 0.3) is 0 Å². The van der Waals surface area contributed by atoms with Crippen molar-refractivity contribution >= 4 is 17.5 Å². The van der Waals surface area contributed by atoms with Crippen LogP contribution in [0.3, 0.4) is 0 Å². The normalized spacial score (nSPS) is 14.8. The second-order valence-electron chi connectivity index (χ2n) is 6.62. The van der Waals surface area contributed by atoms with Gasteiger partial charge in [-0.3, -0.25) is 0 Å². The standard InChI is InChI=1S/C22H22N2O5/c1-13-9-15-10-19(25-2)20(26-3)11-16(15)17(24-23-13)7-5-14-6-8-18-22(21(14)27-4)29-12-28-18/h5-8,10-11H,9,12H2,1-4H3/b7-5+. The Morgan fingerprint density at radius 3 is 2.48 bits per heavy atom. The number of ether oxygens (including phenoxy) is 5. The van der Waals surface area contributed by atoms with Gasteiger partial charge in [-0.1, -0.05) is 0 Å². The first-order valence-electron chi connectivity index (χ1n) is 9.15. The van der Waals surface area contributed by atoms with E-state index in [1.54, 1.807) is 21.3 Å². The summed E-state index contributed by atoms with van der Waals surface area (Å²) in [5, 5.41) is 8.78. The van der Waals surface area contributed by atoms with Gasteiger partial charge < -0.3 is 23.7 Å². The van der Waals surface area contributed by atoms with E-state index >= 15 is 0 Å². The molecule has 0 aliphatic carbocycles. The SMILES string of the molecule is COc1cc2c(cc1OC)C(/C=C/c1ccc3c(c1OC)OCO3)=NN=C(C)C2. The summed E-state index contributed by atoms with van der Waals surface area (Å²) in [5.74, 6) is 3.23. The van der Waals surface area contributed by atoms with E-state index in [9.17, 15) is 0 Å². The Labute approximate surface area is 169 Å². The average molecular weight is 394 g/mol. The number of methoxy groups -OCH3 is 3. The van der Waals surface area contributed by atoms with E-state index < -0.39 is 0 Å². The third-order valence-electron chi connectivity index (χ3n) is 4.81. The molecule has 29 heavy (non-hydrogen) atoms. The van der Waals surface area contributed by atoms with E-state index in [-0.39, 0.29) is 6.79 Å². The van der Waals surface area contributed by atoms with E-state index in [4.69, 9.17) is 23.7 Å². The third kappa shape index (κ3) is 3.51. The molecule has 0 atom stereocenters. The smallest absolute Gasteiger partial charge is 0.231 e. The predicted octanol–water partition coefficient (Wildman–Crippen LogP) is 3.88. The first-order chi connectivity index (χ1) is 14.1. The highest BCUT2D eigenvalue weighted by molar-refractivity contribution is 6.13. The highest BCUT2D eigenvalue weighted by Crippen LogP contribution is 2.43. The molecule has 0 N–H and O–H groups in total. The summed E-state index contributed by atoms with van der Waals surface area (Å²) >= 11 is 0. The number of fused-ring (bicyclic) bond motifs is 2. The number of benzene rings is 2. The number of nitrogens with zero attached hydrogens (tertiary/aromatic N) is 2. The molecular weight excluding hydrogens is 372 g/mol. The van der Waals surface area contributed by atoms with Gasteiger partial charge in [0.05, 0.1) is 27.0 Å². The van der Waals surface area contributed by atoms with Crippen LogP contribution in [0.15, 0.2) is 40.5 Å². The molecule has 7 nitrogen and oxygen atoms in total. The quantitative estimate of drug-likeness (QED) is 0.770. The number of rotatable bonds is 5. The molecule has 0 aromatic heterocycles. The molecular formula is C22H22N2O5. The van der Waals surface area contributed by atoms with Crippen molar-refractivity contribution in [2.45, 2.75) is 13.3 Å². The second kappa shape index (κ2) is 7.87. The van der Waals surface area contributed by atoms with Crippen molar-refractivity contribution in [1.82, 2.24) is 0 Å². The van der Waals surface area contributed by atoms with E-state index in [0.29, 0.717) is 35.2 Å². The third-order valence-corrected chi connectivity index (χ3v) is 4.81. The molecule has 0 bridgehead atoms. The lowest BCUT2D eigenvalue weighted by molar-refractivity contribution is 0.171. The maximum atomic E-state index is 5.55. The van der Waals surface area contributed by atoms with Crippen LogP contribution in [0.4, 0.5) is 0 Å². The summed E-state index contributed by atoms with van der Waals surface area (Å²) in [6.45, 7) is 2.14. The molecule has 0 saturated heterocycles. The fraction of sp³-hybridized carbons (Fsp3) is 0.273. The van der Waals surface area contributed by atoms with Crippen LogP contribution in [0.2, 0.25) is 0 Å². The van der Waals surface area contributed by atoms with Crippen LogP contribution >= 0.6 is 0 Å². The Kier molecular flexibility index (Phi) is 5.12. The van der Waals surface area contributed by atoms with Crippen LogP contribution < -0.4 is 23.7 Å². The van der Waals surface area contributed by atoms with Gasteiger partial charge in [0.15, 0.2) is 23.0 Å². The molecule has 0 spiro atoms. The Bertz CT molecular complexity index is 1040. The van der Waals surface area contributed by atoms with Crippen molar-refractivity contribution in [1.29, 1.82) is 0 Å².